The summed E-state index contributed by atoms with van der Waals surface area (Å²) in [5.41, 5.74) is 4.61. The third-order valence-corrected chi connectivity index (χ3v) is 9.48. The highest BCUT2D eigenvalue weighted by atomic mass is 16.5. The van der Waals surface area contributed by atoms with Gasteiger partial charge in [0.05, 0.1) is 11.0 Å². The number of aryl methyl sites for hydroxylation is 1. The molecule has 2 aromatic rings. The molecule has 1 saturated heterocycles. The predicted molar refractivity (Wildman–Crippen MR) is 132 cm³/mol. The van der Waals surface area contributed by atoms with Crippen LogP contribution in [0.25, 0.3) is 0 Å². The fourth-order valence-electron chi connectivity index (χ4n) is 7.83. The maximum atomic E-state index is 10.8. The maximum absolute atomic E-state index is 10.8. The van der Waals surface area contributed by atoms with Crippen molar-refractivity contribution in [2.75, 3.05) is 19.7 Å². The molecular weight excluding hydrogens is 422 g/mol. The molecule has 3 aliphatic carbocycles. The fraction of sp³-hybridized carbons (Fsp3) is 0.533. The molecule has 4 heteroatoms. The molecule has 178 valence electrons. The molecule has 1 N–H and O–H groups in total. The Morgan fingerprint density at radius 1 is 1.12 bits per heavy atom. The molecule has 0 amide bonds. The minimum atomic E-state index is -0.283. The maximum Gasteiger partial charge on any atom is 0.166 e. The van der Waals surface area contributed by atoms with E-state index in [1.165, 1.54) is 41.6 Å². The lowest BCUT2D eigenvalue weighted by atomic mass is 9.48. The Labute approximate surface area is 202 Å². The number of ether oxygens (including phenoxy) is 2. The smallest absolute Gasteiger partial charge is 0.166 e. The Bertz CT molecular complexity index is 1130. The molecule has 5 aliphatic rings. The summed E-state index contributed by atoms with van der Waals surface area (Å²) in [5.74, 6) is 1.83. The Kier molecular flexibility index (Phi) is 4.70. The number of piperidine rings is 1. The van der Waals surface area contributed by atoms with Gasteiger partial charge in [-0.1, -0.05) is 43.0 Å². The normalized spacial score (nSPS) is 33.5. The zero-order valence-electron chi connectivity index (χ0n) is 20.0. The summed E-state index contributed by atoms with van der Waals surface area (Å²) >= 11 is 0. The molecule has 0 radical (unpaired) electrons. The second-order valence-corrected chi connectivity index (χ2v) is 11.3. The van der Waals surface area contributed by atoms with Crippen LogP contribution in [0.3, 0.4) is 0 Å². The van der Waals surface area contributed by atoms with Gasteiger partial charge < -0.3 is 14.6 Å². The van der Waals surface area contributed by atoms with Crippen molar-refractivity contribution in [3.05, 3.63) is 71.3 Å². The summed E-state index contributed by atoms with van der Waals surface area (Å²) in [4.78, 5) is 2.76. The predicted octanol–water partition coefficient (Wildman–Crippen LogP) is 5.17. The molecule has 3 fully saturated rings. The first-order valence-electron chi connectivity index (χ1n) is 13.2. The molecule has 4 atom stereocenters. The molecule has 2 saturated carbocycles. The van der Waals surface area contributed by atoms with E-state index >= 15 is 0 Å². The summed E-state index contributed by atoms with van der Waals surface area (Å²) < 4.78 is 13.8. The molecule has 2 aromatic carbocycles. The van der Waals surface area contributed by atoms with Crippen molar-refractivity contribution in [1.82, 2.24) is 4.90 Å². The third-order valence-electron chi connectivity index (χ3n) is 9.48. The van der Waals surface area contributed by atoms with Crippen LogP contribution in [-0.4, -0.2) is 47.4 Å². The summed E-state index contributed by atoms with van der Waals surface area (Å²) in [7, 11) is 0. The molecular formula is C30H35NO3. The van der Waals surface area contributed by atoms with Crippen LogP contribution in [0.2, 0.25) is 0 Å². The second-order valence-electron chi connectivity index (χ2n) is 11.3. The first-order chi connectivity index (χ1) is 16.6. The van der Waals surface area contributed by atoms with E-state index in [9.17, 15) is 5.11 Å². The first kappa shape index (κ1) is 21.0. The molecule has 0 aromatic heterocycles. The monoisotopic (exact) mass is 457 g/mol. The molecule has 1 spiro atoms. The number of nitrogens with zero attached hydrogens (tertiary/aromatic N) is 1. The Hall–Kier alpha value is -2.30. The van der Waals surface area contributed by atoms with Crippen LogP contribution in [0.5, 0.6) is 11.5 Å². The lowest BCUT2D eigenvalue weighted by Gasteiger charge is -2.65. The molecule has 34 heavy (non-hydrogen) atoms. The van der Waals surface area contributed by atoms with Crippen molar-refractivity contribution in [1.29, 1.82) is 0 Å². The molecule has 2 heterocycles. The van der Waals surface area contributed by atoms with E-state index in [1.807, 2.05) is 6.07 Å². The van der Waals surface area contributed by atoms with Gasteiger partial charge >= 0.3 is 0 Å². The van der Waals surface area contributed by atoms with Gasteiger partial charge in [0.2, 0.25) is 0 Å². The Morgan fingerprint density at radius 2 is 1.97 bits per heavy atom. The number of hydrogen-bond donors (Lipinski definition) is 1. The Balaban J connectivity index is 1.28. The van der Waals surface area contributed by atoms with Crippen molar-refractivity contribution in [3.63, 3.8) is 0 Å². The van der Waals surface area contributed by atoms with Crippen LogP contribution in [0.15, 0.2) is 54.6 Å². The van der Waals surface area contributed by atoms with Gasteiger partial charge in [0.1, 0.15) is 6.10 Å². The van der Waals surface area contributed by atoms with E-state index in [0.29, 0.717) is 11.8 Å². The van der Waals surface area contributed by atoms with Gasteiger partial charge in [-0.25, -0.2) is 0 Å². The van der Waals surface area contributed by atoms with Gasteiger partial charge in [-0.05, 0) is 86.6 Å². The van der Waals surface area contributed by atoms with E-state index in [2.05, 4.69) is 47.9 Å². The third kappa shape index (κ3) is 2.85. The standard InChI is InChI=1S/C30H35NO3/c1-20-13-14-30(33-17-5-8-21-6-3-2-4-7-21)25-18-23-11-12-24(32)27-26(23)29(30,28(20)34-27)15-16-31(25)19-22-9-10-22/h2-4,6-7,11-12,22,25,28,32H,1,5,8-10,13-19H2/t25?,28-,29?,30+/m0/s1. The van der Waals surface area contributed by atoms with E-state index in [0.717, 1.165) is 57.6 Å². The quantitative estimate of drug-likeness (QED) is 0.460. The number of rotatable bonds is 7. The number of phenols is 1. The molecule has 2 bridgehead atoms. The highest BCUT2D eigenvalue weighted by Crippen LogP contribution is 2.67. The average molecular weight is 458 g/mol. The van der Waals surface area contributed by atoms with Crippen molar-refractivity contribution < 1.29 is 14.6 Å². The second kappa shape index (κ2) is 7.60. The highest BCUT2D eigenvalue weighted by molar-refractivity contribution is 5.64. The SMILES string of the molecule is C=C1CC[C@@]2(OCCCc3ccccc3)C3Cc4ccc(O)c5c4C2(CCN3CC2CC2)[C@H]1O5. The summed E-state index contributed by atoms with van der Waals surface area (Å²) in [5, 5.41) is 10.8. The van der Waals surface area contributed by atoms with Crippen LogP contribution in [0.1, 0.15) is 55.2 Å². The van der Waals surface area contributed by atoms with Crippen molar-refractivity contribution in [2.24, 2.45) is 5.92 Å². The van der Waals surface area contributed by atoms with E-state index in [-0.39, 0.29) is 22.9 Å². The molecule has 2 unspecified atom stereocenters. The van der Waals surface area contributed by atoms with Crippen molar-refractivity contribution in [2.45, 2.75) is 74.5 Å². The topological polar surface area (TPSA) is 41.9 Å². The number of aromatic hydroxyl groups is 1. The van der Waals surface area contributed by atoms with Gasteiger partial charge in [-0.3, -0.25) is 4.90 Å². The summed E-state index contributed by atoms with van der Waals surface area (Å²) in [6.07, 6.45) is 8.63. The van der Waals surface area contributed by atoms with Crippen LogP contribution in [-0.2, 0) is 23.0 Å². The molecule has 7 rings (SSSR count). The first-order valence-corrected chi connectivity index (χ1v) is 13.2. The zero-order valence-corrected chi connectivity index (χ0v) is 20.0. The van der Waals surface area contributed by atoms with Gasteiger partial charge in [0, 0.05) is 24.8 Å². The minimum absolute atomic E-state index is 0.0942. The van der Waals surface area contributed by atoms with Crippen LogP contribution >= 0.6 is 0 Å². The van der Waals surface area contributed by atoms with Crippen LogP contribution < -0.4 is 4.74 Å². The summed E-state index contributed by atoms with van der Waals surface area (Å²) in [6, 6.07) is 15.1. The van der Waals surface area contributed by atoms with Crippen LogP contribution in [0, 0.1) is 5.92 Å². The largest absolute Gasteiger partial charge is 0.504 e. The van der Waals surface area contributed by atoms with E-state index in [1.54, 1.807) is 0 Å². The Morgan fingerprint density at radius 3 is 2.79 bits per heavy atom. The number of hydrogen-bond acceptors (Lipinski definition) is 4. The fourth-order valence-corrected chi connectivity index (χ4v) is 7.83. The summed E-state index contributed by atoms with van der Waals surface area (Å²) in [6.45, 7) is 7.50. The minimum Gasteiger partial charge on any atom is -0.504 e. The number of likely N-dealkylation sites (tertiary alicyclic amines) is 1. The van der Waals surface area contributed by atoms with Gasteiger partial charge in [-0.15, -0.1) is 0 Å². The van der Waals surface area contributed by atoms with Crippen LogP contribution in [0.4, 0.5) is 0 Å². The lowest BCUT2D eigenvalue weighted by Crippen LogP contribution is -2.76. The van der Waals surface area contributed by atoms with E-state index in [4.69, 9.17) is 9.47 Å². The number of phenolic OH excluding ortho intramolecular Hbond substituents is 1. The molecule has 2 aliphatic heterocycles. The van der Waals surface area contributed by atoms with Gasteiger partial charge in [0.15, 0.2) is 11.5 Å². The van der Waals surface area contributed by atoms with E-state index < -0.39 is 0 Å². The van der Waals surface area contributed by atoms with Crippen molar-refractivity contribution in [3.8, 4) is 11.5 Å². The lowest BCUT2D eigenvalue weighted by molar-refractivity contribution is -0.207. The molecule has 4 nitrogen and oxygen atoms in total. The van der Waals surface area contributed by atoms with Gasteiger partial charge in [0.25, 0.3) is 0 Å². The average Bonchev–Trinajstić information content (AvgIpc) is 3.59. The highest BCUT2D eigenvalue weighted by Gasteiger charge is 2.73. The van der Waals surface area contributed by atoms with Crippen molar-refractivity contribution >= 4 is 0 Å². The zero-order chi connectivity index (χ0) is 22.9. The number of benzene rings is 2. The van der Waals surface area contributed by atoms with Gasteiger partial charge in [-0.2, -0.15) is 0 Å².